The SMILES string of the molecule is CCCCC(F)(F)C(CC[C@H]1[C@H](OC2CCCO2)CC(=O)[C@@H]1CCCCCCC(=O)OCc1ccccc1)[Si](C)(C)C. The molecular weight excluding hydrogens is 554 g/mol. The molecule has 2 aliphatic rings. The van der Waals surface area contributed by atoms with Gasteiger partial charge in [-0.2, -0.15) is 0 Å². The van der Waals surface area contributed by atoms with Crippen LogP contribution in [0.15, 0.2) is 30.3 Å². The number of halogens is 2. The molecule has 5 atom stereocenters. The number of esters is 1. The molecule has 2 fully saturated rings. The molecule has 0 spiro atoms. The Morgan fingerprint density at radius 3 is 2.48 bits per heavy atom. The van der Waals surface area contributed by atoms with E-state index in [0.717, 1.165) is 56.9 Å². The Bertz CT molecular complexity index is 945. The zero-order valence-corrected chi connectivity index (χ0v) is 27.4. The lowest BCUT2D eigenvalue weighted by Crippen LogP contribution is -2.41. The fraction of sp³-hybridized carbons (Fsp3) is 0.765. The van der Waals surface area contributed by atoms with E-state index in [4.69, 9.17) is 14.2 Å². The van der Waals surface area contributed by atoms with Crippen molar-refractivity contribution in [3.8, 4) is 0 Å². The highest BCUT2D eigenvalue weighted by Gasteiger charge is 2.49. The third kappa shape index (κ3) is 11.1. The fourth-order valence-corrected chi connectivity index (χ4v) is 9.23. The first-order valence-corrected chi connectivity index (χ1v) is 20.0. The van der Waals surface area contributed by atoms with Crippen LogP contribution in [0.25, 0.3) is 0 Å². The number of alkyl halides is 2. The van der Waals surface area contributed by atoms with Gasteiger partial charge in [-0.1, -0.05) is 82.6 Å². The van der Waals surface area contributed by atoms with Gasteiger partial charge in [-0.3, -0.25) is 9.59 Å². The van der Waals surface area contributed by atoms with Crippen LogP contribution in [0.1, 0.15) is 102 Å². The quantitative estimate of drug-likeness (QED) is 0.0890. The fourth-order valence-electron chi connectivity index (χ4n) is 6.78. The molecule has 1 aromatic carbocycles. The molecule has 0 aromatic heterocycles. The van der Waals surface area contributed by atoms with Gasteiger partial charge in [-0.25, -0.2) is 8.78 Å². The number of hydrogen-bond donors (Lipinski definition) is 0. The Morgan fingerprint density at radius 2 is 1.81 bits per heavy atom. The maximum atomic E-state index is 15.4. The first kappa shape index (κ1) is 34.8. The van der Waals surface area contributed by atoms with Gasteiger partial charge in [-0.05, 0) is 50.0 Å². The van der Waals surface area contributed by atoms with Crippen LogP contribution < -0.4 is 0 Å². The van der Waals surface area contributed by atoms with Crippen molar-refractivity contribution in [3.63, 3.8) is 0 Å². The number of ketones is 1. The van der Waals surface area contributed by atoms with E-state index in [1.54, 1.807) is 0 Å². The molecule has 238 valence electrons. The molecule has 1 aliphatic carbocycles. The number of hydrogen-bond acceptors (Lipinski definition) is 5. The summed E-state index contributed by atoms with van der Waals surface area (Å²) in [4.78, 5) is 25.3. The average Bonchev–Trinajstić information content (AvgIpc) is 3.55. The molecule has 1 aromatic rings. The Balaban J connectivity index is 1.52. The molecule has 0 N–H and O–H groups in total. The predicted molar refractivity (Wildman–Crippen MR) is 165 cm³/mol. The van der Waals surface area contributed by atoms with Crippen LogP contribution >= 0.6 is 0 Å². The van der Waals surface area contributed by atoms with Crippen molar-refractivity contribution in [1.82, 2.24) is 0 Å². The Kier molecular flexibility index (Phi) is 14.1. The van der Waals surface area contributed by atoms with Crippen molar-refractivity contribution >= 4 is 19.8 Å². The maximum absolute atomic E-state index is 15.4. The van der Waals surface area contributed by atoms with E-state index in [9.17, 15) is 9.59 Å². The number of carbonyl (C=O) groups is 2. The van der Waals surface area contributed by atoms with E-state index in [0.29, 0.717) is 45.3 Å². The van der Waals surface area contributed by atoms with Crippen molar-refractivity contribution in [2.24, 2.45) is 11.8 Å². The van der Waals surface area contributed by atoms with Crippen molar-refractivity contribution < 1.29 is 32.6 Å². The third-order valence-corrected chi connectivity index (χ3v) is 11.9. The molecule has 0 bridgehead atoms. The molecule has 1 saturated carbocycles. The first-order chi connectivity index (χ1) is 20.0. The van der Waals surface area contributed by atoms with Gasteiger partial charge in [0.25, 0.3) is 0 Å². The molecule has 2 unspecified atom stereocenters. The summed E-state index contributed by atoms with van der Waals surface area (Å²) >= 11 is 0. The van der Waals surface area contributed by atoms with Gasteiger partial charge in [0.15, 0.2) is 6.29 Å². The average molecular weight is 609 g/mol. The molecule has 5 nitrogen and oxygen atoms in total. The topological polar surface area (TPSA) is 61.8 Å². The summed E-state index contributed by atoms with van der Waals surface area (Å²) in [6, 6.07) is 9.65. The highest BCUT2D eigenvalue weighted by atomic mass is 28.3. The third-order valence-electron chi connectivity index (χ3n) is 9.12. The van der Waals surface area contributed by atoms with Gasteiger partial charge in [0, 0.05) is 43.7 Å². The number of unbranched alkanes of at least 4 members (excludes halogenated alkanes) is 4. The van der Waals surface area contributed by atoms with Crippen LogP contribution in [0.3, 0.4) is 0 Å². The van der Waals surface area contributed by atoms with E-state index < -0.39 is 19.5 Å². The second-order valence-electron chi connectivity index (χ2n) is 13.5. The standard InChI is InChI=1S/C34H54F2O5Si/c1-5-6-22-34(35,36)31(42(2,3)4)21-20-28-27(29(37)24-30(28)41-33-19-14-23-39-33)17-12-7-8-13-18-32(38)40-25-26-15-10-9-11-16-26/h9-11,15-16,27-28,30-31,33H,5-8,12-14,17-25H2,1-4H3/t27-,28-,30-,31?,33?/m1/s1. The summed E-state index contributed by atoms with van der Waals surface area (Å²) in [6.45, 7) is 9.06. The number of benzene rings is 1. The van der Waals surface area contributed by atoms with E-state index in [1.165, 1.54) is 0 Å². The minimum absolute atomic E-state index is 0.0458. The normalized spacial score (nSPS) is 23.8. The van der Waals surface area contributed by atoms with Gasteiger partial charge < -0.3 is 14.2 Å². The van der Waals surface area contributed by atoms with Crippen LogP contribution in [0.4, 0.5) is 8.78 Å². The van der Waals surface area contributed by atoms with Crippen LogP contribution in [-0.4, -0.2) is 44.7 Å². The van der Waals surface area contributed by atoms with Gasteiger partial charge >= 0.3 is 5.97 Å². The minimum Gasteiger partial charge on any atom is -0.461 e. The highest BCUT2D eigenvalue weighted by Crippen LogP contribution is 2.47. The maximum Gasteiger partial charge on any atom is 0.306 e. The van der Waals surface area contributed by atoms with Crippen molar-refractivity contribution in [3.05, 3.63) is 35.9 Å². The van der Waals surface area contributed by atoms with Gasteiger partial charge in [-0.15, -0.1) is 0 Å². The van der Waals surface area contributed by atoms with E-state index in [2.05, 4.69) is 0 Å². The summed E-state index contributed by atoms with van der Waals surface area (Å²) in [5.41, 5.74) is 0.363. The lowest BCUT2D eigenvalue weighted by molar-refractivity contribution is -0.156. The monoisotopic (exact) mass is 608 g/mol. The highest BCUT2D eigenvalue weighted by molar-refractivity contribution is 6.77. The molecule has 1 aliphatic heterocycles. The Labute approximate surface area is 253 Å². The van der Waals surface area contributed by atoms with Crippen LogP contribution in [0.5, 0.6) is 0 Å². The lowest BCUT2D eigenvalue weighted by atomic mass is 9.84. The summed E-state index contributed by atoms with van der Waals surface area (Å²) in [6.07, 6.45) is 8.44. The van der Waals surface area contributed by atoms with E-state index in [1.807, 2.05) is 56.9 Å². The molecule has 1 saturated heterocycles. The number of ether oxygens (including phenoxy) is 3. The van der Waals surface area contributed by atoms with Crippen LogP contribution in [-0.2, 0) is 30.4 Å². The molecule has 0 amide bonds. The zero-order chi connectivity index (χ0) is 30.6. The van der Waals surface area contributed by atoms with Crippen molar-refractivity contribution in [2.75, 3.05) is 6.61 Å². The number of Topliss-reactive ketones (excluding diaryl/α,β-unsaturated/α-hetero) is 1. The zero-order valence-electron chi connectivity index (χ0n) is 26.4. The smallest absolute Gasteiger partial charge is 0.306 e. The largest absolute Gasteiger partial charge is 0.461 e. The van der Waals surface area contributed by atoms with Crippen LogP contribution in [0.2, 0.25) is 25.2 Å². The van der Waals surface area contributed by atoms with Gasteiger partial charge in [0.05, 0.1) is 14.2 Å². The summed E-state index contributed by atoms with van der Waals surface area (Å²) < 4.78 is 48.3. The Morgan fingerprint density at radius 1 is 1.07 bits per heavy atom. The first-order valence-electron chi connectivity index (χ1n) is 16.4. The molecule has 1 heterocycles. The van der Waals surface area contributed by atoms with E-state index in [-0.39, 0.29) is 42.4 Å². The van der Waals surface area contributed by atoms with Crippen LogP contribution in [0, 0.1) is 11.8 Å². The van der Waals surface area contributed by atoms with Gasteiger partial charge in [0.2, 0.25) is 5.92 Å². The summed E-state index contributed by atoms with van der Waals surface area (Å²) in [5.74, 6) is -2.86. The molecule has 42 heavy (non-hydrogen) atoms. The second-order valence-corrected chi connectivity index (χ2v) is 18.9. The van der Waals surface area contributed by atoms with E-state index >= 15 is 8.78 Å². The van der Waals surface area contributed by atoms with Crippen molar-refractivity contribution in [2.45, 2.75) is 147 Å². The molecule has 3 rings (SSSR count). The second kappa shape index (κ2) is 17.0. The molecule has 8 heteroatoms. The number of rotatable bonds is 19. The molecule has 0 radical (unpaired) electrons. The lowest BCUT2D eigenvalue weighted by Gasteiger charge is -2.37. The Hall–Kier alpha value is -1.64. The number of carbonyl (C=O) groups excluding carboxylic acids is 2. The summed E-state index contributed by atoms with van der Waals surface area (Å²) in [7, 11) is -2.15. The summed E-state index contributed by atoms with van der Waals surface area (Å²) in [5, 5.41) is 0. The van der Waals surface area contributed by atoms with Gasteiger partial charge in [0.1, 0.15) is 12.4 Å². The predicted octanol–water partition coefficient (Wildman–Crippen LogP) is 9.11. The molecular formula is C34H54F2O5Si. The van der Waals surface area contributed by atoms with Crippen molar-refractivity contribution in [1.29, 1.82) is 0 Å². The minimum atomic E-state index is -2.67.